The van der Waals surface area contributed by atoms with Crippen LogP contribution in [-0.2, 0) is 6.42 Å². The van der Waals surface area contributed by atoms with Crippen molar-refractivity contribution in [2.45, 2.75) is 32.7 Å². The van der Waals surface area contributed by atoms with Crippen molar-refractivity contribution in [2.75, 3.05) is 13.7 Å². The van der Waals surface area contributed by atoms with Gasteiger partial charge in [0.25, 0.3) is 0 Å². The lowest BCUT2D eigenvalue weighted by Crippen LogP contribution is -2.21. The number of aromatic nitrogens is 1. The van der Waals surface area contributed by atoms with Crippen LogP contribution in [0.1, 0.15) is 36.2 Å². The van der Waals surface area contributed by atoms with Crippen LogP contribution >= 0.6 is 0 Å². The summed E-state index contributed by atoms with van der Waals surface area (Å²) in [5, 5.41) is 3.57. The number of nitrogens with one attached hydrogen (secondary N) is 1. The molecule has 0 fully saturated rings. The Kier molecular flexibility index (Phi) is 5.76. The number of nitrogens with zero attached hydrogens (tertiary/aromatic N) is 1. The summed E-state index contributed by atoms with van der Waals surface area (Å²) in [6.45, 7) is 5.15. The van der Waals surface area contributed by atoms with E-state index in [4.69, 9.17) is 4.74 Å². The molecular formula is C18H24N2O. The molecule has 1 N–H and O–H groups in total. The van der Waals surface area contributed by atoms with E-state index >= 15 is 0 Å². The van der Waals surface area contributed by atoms with Gasteiger partial charge >= 0.3 is 0 Å². The molecule has 1 aromatic carbocycles. The standard InChI is InChI=1S/C18H24N2O/c1-4-19-18(16-11-12-20-14(2)13-16)10-7-15-5-8-17(21-3)9-6-15/h5-6,8-9,11-13,18-19H,4,7,10H2,1-3H3. The predicted octanol–water partition coefficient (Wildman–Crippen LogP) is 3.68. The van der Waals surface area contributed by atoms with Gasteiger partial charge in [0, 0.05) is 17.9 Å². The summed E-state index contributed by atoms with van der Waals surface area (Å²) in [6.07, 6.45) is 4.01. The summed E-state index contributed by atoms with van der Waals surface area (Å²) in [5.74, 6) is 0.909. The Balaban J connectivity index is 2.02. The zero-order valence-corrected chi connectivity index (χ0v) is 13.1. The van der Waals surface area contributed by atoms with Crippen molar-refractivity contribution in [3.63, 3.8) is 0 Å². The molecule has 1 unspecified atom stereocenters. The topological polar surface area (TPSA) is 34.1 Å². The second kappa shape index (κ2) is 7.79. The van der Waals surface area contributed by atoms with Crippen molar-refractivity contribution in [3.05, 3.63) is 59.4 Å². The van der Waals surface area contributed by atoms with Crippen LogP contribution in [0.3, 0.4) is 0 Å². The van der Waals surface area contributed by atoms with Gasteiger partial charge in [-0.1, -0.05) is 19.1 Å². The molecule has 0 saturated heterocycles. The lowest BCUT2D eigenvalue weighted by Gasteiger charge is -2.18. The third kappa shape index (κ3) is 4.57. The number of benzene rings is 1. The normalized spacial score (nSPS) is 12.1. The molecule has 0 radical (unpaired) electrons. The zero-order valence-electron chi connectivity index (χ0n) is 13.1. The highest BCUT2D eigenvalue weighted by Crippen LogP contribution is 2.20. The first-order valence-electron chi connectivity index (χ1n) is 7.51. The van der Waals surface area contributed by atoms with Crippen LogP contribution in [0.15, 0.2) is 42.6 Å². The minimum absolute atomic E-state index is 0.374. The zero-order chi connectivity index (χ0) is 15.1. The van der Waals surface area contributed by atoms with Crippen molar-refractivity contribution < 1.29 is 4.74 Å². The lowest BCUT2D eigenvalue weighted by atomic mass is 9.99. The first-order chi connectivity index (χ1) is 10.2. The minimum atomic E-state index is 0.374. The maximum absolute atomic E-state index is 5.20. The van der Waals surface area contributed by atoms with E-state index in [2.05, 4.69) is 41.5 Å². The summed E-state index contributed by atoms with van der Waals surface area (Å²) in [5.41, 5.74) is 3.72. The molecule has 0 saturated carbocycles. The summed E-state index contributed by atoms with van der Waals surface area (Å²) < 4.78 is 5.20. The quantitative estimate of drug-likeness (QED) is 0.842. The number of pyridine rings is 1. The summed E-state index contributed by atoms with van der Waals surface area (Å²) in [7, 11) is 1.70. The van der Waals surface area contributed by atoms with Gasteiger partial charge in [-0.05, 0) is 61.7 Å². The van der Waals surface area contributed by atoms with Gasteiger partial charge < -0.3 is 10.1 Å². The molecule has 0 aliphatic carbocycles. The molecule has 0 amide bonds. The summed E-state index contributed by atoms with van der Waals surface area (Å²) in [4.78, 5) is 4.28. The first kappa shape index (κ1) is 15.5. The number of ether oxygens (including phenoxy) is 1. The van der Waals surface area contributed by atoms with Gasteiger partial charge in [0.15, 0.2) is 0 Å². The monoisotopic (exact) mass is 284 g/mol. The average Bonchev–Trinajstić information content (AvgIpc) is 2.52. The molecule has 0 aliphatic rings. The highest BCUT2D eigenvalue weighted by Gasteiger charge is 2.10. The van der Waals surface area contributed by atoms with E-state index in [1.165, 1.54) is 11.1 Å². The molecule has 3 nitrogen and oxygen atoms in total. The Labute approximate surface area is 127 Å². The molecule has 21 heavy (non-hydrogen) atoms. The van der Waals surface area contributed by atoms with E-state index < -0.39 is 0 Å². The average molecular weight is 284 g/mol. The Morgan fingerprint density at radius 2 is 1.95 bits per heavy atom. The fourth-order valence-electron chi connectivity index (χ4n) is 2.52. The van der Waals surface area contributed by atoms with Gasteiger partial charge in [0.05, 0.1) is 7.11 Å². The van der Waals surface area contributed by atoms with Crippen LogP contribution in [0.5, 0.6) is 5.75 Å². The molecular weight excluding hydrogens is 260 g/mol. The predicted molar refractivity (Wildman–Crippen MR) is 86.7 cm³/mol. The highest BCUT2D eigenvalue weighted by molar-refractivity contribution is 5.27. The number of aryl methyl sites for hydroxylation is 2. The fourth-order valence-corrected chi connectivity index (χ4v) is 2.52. The number of methoxy groups -OCH3 is 1. The molecule has 1 atom stereocenters. The fraction of sp³-hybridized carbons (Fsp3) is 0.389. The highest BCUT2D eigenvalue weighted by atomic mass is 16.5. The number of rotatable bonds is 7. The van der Waals surface area contributed by atoms with Gasteiger partial charge in [0.2, 0.25) is 0 Å². The SMILES string of the molecule is CCNC(CCc1ccc(OC)cc1)c1ccnc(C)c1. The van der Waals surface area contributed by atoms with Crippen LogP contribution in [0.25, 0.3) is 0 Å². The van der Waals surface area contributed by atoms with Crippen LogP contribution in [0.4, 0.5) is 0 Å². The van der Waals surface area contributed by atoms with E-state index in [1.54, 1.807) is 7.11 Å². The van der Waals surface area contributed by atoms with Crippen molar-refractivity contribution >= 4 is 0 Å². The minimum Gasteiger partial charge on any atom is -0.497 e. The van der Waals surface area contributed by atoms with Crippen molar-refractivity contribution in [2.24, 2.45) is 0 Å². The molecule has 1 heterocycles. The second-order valence-electron chi connectivity index (χ2n) is 5.23. The lowest BCUT2D eigenvalue weighted by molar-refractivity contribution is 0.414. The van der Waals surface area contributed by atoms with Crippen molar-refractivity contribution in [1.82, 2.24) is 10.3 Å². The third-order valence-corrected chi connectivity index (χ3v) is 3.65. The molecule has 0 bridgehead atoms. The molecule has 3 heteroatoms. The maximum Gasteiger partial charge on any atom is 0.118 e. The van der Waals surface area contributed by atoms with Crippen LogP contribution in [0.2, 0.25) is 0 Å². The summed E-state index contributed by atoms with van der Waals surface area (Å²) in [6, 6.07) is 13.0. The molecule has 112 valence electrons. The molecule has 1 aromatic heterocycles. The van der Waals surface area contributed by atoms with E-state index in [9.17, 15) is 0 Å². The van der Waals surface area contributed by atoms with Gasteiger partial charge in [0.1, 0.15) is 5.75 Å². The van der Waals surface area contributed by atoms with Crippen LogP contribution < -0.4 is 10.1 Å². The maximum atomic E-state index is 5.20. The second-order valence-corrected chi connectivity index (χ2v) is 5.23. The van der Waals surface area contributed by atoms with Crippen LogP contribution in [0, 0.1) is 6.92 Å². The Morgan fingerprint density at radius 1 is 1.19 bits per heavy atom. The molecule has 2 rings (SSSR count). The van der Waals surface area contributed by atoms with E-state index in [1.807, 2.05) is 25.3 Å². The van der Waals surface area contributed by atoms with Gasteiger partial charge in [-0.15, -0.1) is 0 Å². The van der Waals surface area contributed by atoms with Gasteiger partial charge in [-0.3, -0.25) is 4.98 Å². The Morgan fingerprint density at radius 3 is 2.57 bits per heavy atom. The largest absolute Gasteiger partial charge is 0.497 e. The molecule has 0 aliphatic heterocycles. The van der Waals surface area contributed by atoms with Gasteiger partial charge in [-0.2, -0.15) is 0 Å². The van der Waals surface area contributed by atoms with Crippen LogP contribution in [-0.4, -0.2) is 18.6 Å². The molecule has 2 aromatic rings. The van der Waals surface area contributed by atoms with E-state index in [-0.39, 0.29) is 0 Å². The Hall–Kier alpha value is -1.87. The van der Waals surface area contributed by atoms with E-state index in [0.717, 1.165) is 30.8 Å². The van der Waals surface area contributed by atoms with E-state index in [0.29, 0.717) is 6.04 Å². The molecule has 0 spiro atoms. The smallest absolute Gasteiger partial charge is 0.118 e. The number of hydrogen-bond donors (Lipinski definition) is 1. The number of hydrogen-bond acceptors (Lipinski definition) is 3. The first-order valence-corrected chi connectivity index (χ1v) is 7.51. The van der Waals surface area contributed by atoms with Gasteiger partial charge in [-0.25, -0.2) is 0 Å². The summed E-state index contributed by atoms with van der Waals surface area (Å²) >= 11 is 0. The van der Waals surface area contributed by atoms with Crippen molar-refractivity contribution in [3.8, 4) is 5.75 Å². The van der Waals surface area contributed by atoms with Crippen molar-refractivity contribution in [1.29, 1.82) is 0 Å². The Bertz CT molecular complexity index is 551. The third-order valence-electron chi connectivity index (χ3n) is 3.65.